The molecule has 6 heteroatoms. The second-order valence-electron chi connectivity index (χ2n) is 6.81. The van der Waals surface area contributed by atoms with Gasteiger partial charge >= 0.3 is 0 Å². The summed E-state index contributed by atoms with van der Waals surface area (Å²) in [6.45, 7) is 3.29. The molecule has 1 aromatic heterocycles. The normalized spacial score (nSPS) is 16.6. The summed E-state index contributed by atoms with van der Waals surface area (Å²) in [5.41, 5.74) is 3.15. The van der Waals surface area contributed by atoms with Crippen molar-refractivity contribution in [1.29, 1.82) is 0 Å². The van der Waals surface area contributed by atoms with E-state index in [4.69, 9.17) is 9.47 Å². The van der Waals surface area contributed by atoms with E-state index in [9.17, 15) is 4.79 Å². The number of amides is 1. The van der Waals surface area contributed by atoms with Gasteiger partial charge in [0, 0.05) is 22.0 Å². The molecule has 3 aromatic rings. The van der Waals surface area contributed by atoms with Crippen LogP contribution in [0.5, 0.6) is 5.75 Å². The molecule has 0 spiro atoms. The minimum absolute atomic E-state index is 0.126. The van der Waals surface area contributed by atoms with Crippen molar-refractivity contribution >= 4 is 38.4 Å². The first kappa shape index (κ1) is 18.1. The third-order valence-corrected chi connectivity index (χ3v) is 5.16. The highest BCUT2D eigenvalue weighted by atomic mass is 79.9. The smallest absolute Gasteiger partial charge is 0.272 e. The molecule has 4 rings (SSSR count). The standard InChI is InChI=1S/C21H21BrN2O3/c1-13-4-7-17(20(9-13)27-12-16-3-2-8-26-16)24-21(25)19-10-14-5-6-15(22)11-18(14)23-19/h4-7,9-11,16,23H,2-3,8,12H2,1H3,(H,24,25). The highest BCUT2D eigenvalue weighted by molar-refractivity contribution is 9.10. The molecule has 1 amide bonds. The summed E-state index contributed by atoms with van der Waals surface area (Å²) in [4.78, 5) is 15.9. The van der Waals surface area contributed by atoms with Gasteiger partial charge in [0.1, 0.15) is 18.1 Å². The highest BCUT2D eigenvalue weighted by Gasteiger charge is 2.18. The molecule has 1 aliphatic rings. The number of aryl methyl sites for hydroxylation is 1. The van der Waals surface area contributed by atoms with E-state index < -0.39 is 0 Å². The summed E-state index contributed by atoms with van der Waals surface area (Å²) >= 11 is 3.45. The SMILES string of the molecule is Cc1ccc(NC(=O)c2cc3ccc(Br)cc3[nH]2)c(OCC2CCCO2)c1. The summed E-state index contributed by atoms with van der Waals surface area (Å²) in [5.74, 6) is 0.464. The lowest BCUT2D eigenvalue weighted by atomic mass is 10.2. The number of aromatic amines is 1. The third-order valence-electron chi connectivity index (χ3n) is 4.66. The molecule has 1 aliphatic heterocycles. The predicted molar refractivity (Wildman–Crippen MR) is 110 cm³/mol. The van der Waals surface area contributed by atoms with E-state index in [2.05, 4.69) is 26.2 Å². The largest absolute Gasteiger partial charge is 0.489 e. The second kappa shape index (κ2) is 7.74. The number of ether oxygens (including phenoxy) is 2. The lowest BCUT2D eigenvalue weighted by Crippen LogP contribution is -2.18. The van der Waals surface area contributed by atoms with Crippen LogP contribution in [0.15, 0.2) is 46.9 Å². The fourth-order valence-corrected chi connectivity index (χ4v) is 3.58. The fraction of sp³-hybridized carbons (Fsp3) is 0.286. The number of carbonyl (C=O) groups is 1. The number of halogens is 1. The number of carbonyl (C=O) groups excluding carboxylic acids is 1. The van der Waals surface area contributed by atoms with E-state index in [0.717, 1.165) is 40.4 Å². The number of fused-ring (bicyclic) bond motifs is 1. The maximum atomic E-state index is 12.7. The zero-order valence-electron chi connectivity index (χ0n) is 15.0. The van der Waals surface area contributed by atoms with Gasteiger partial charge in [-0.15, -0.1) is 0 Å². The Labute approximate surface area is 166 Å². The summed E-state index contributed by atoms with van der Waals surface area (Å²) < 4.78 is 12.5. The van der Waals surface area contributed by atoms with Gasteiger partial charge in [0.15, 0.2) is 0 Å². The molecule has 1 fully saturated rings. The Morgan fingerprint density at radius 1 is 1.30 bits per heavy atom. The molecule has 0 bridgehead atoms. The van der Waals surface area contributed by atoms with Gasteiger partial charge in [0.2, 0.25) is 0 Å². The van der Waals surface area contributed by atoms with E-state index in [1.54, 1.807) is 0 Å². The van der Waals surface area contributed by atoms with Gasteiger partial charge in [-0.1, -0.05) is 28.1 Å². The molecular weight excluding hydrogens is 408 g/mol. The molecule has 2 aromatic carbocycles. The quantitative estimate of drug-likeness (QED) is 0.597. The van der Waals surface area contributed by atoms with Crippen LogP contribution >= 0.6 is 15.9 Å². The lowest BCUT2D eigenvalue weighted by molar-refractivity contribution is 0.0681. The van der Waals surface area contributed by atoms with Crippen molar-refractivity contribution in [2.24, 2.45) is 0 Å². The van der Waals surface area contributed by atoms with Crippen LogP contribution in [0.3, 0.4) is 0 Å². The van der Waals surface area contributed by atoms with Crippen LogP contribution in [0.25, 0.3) is 10.9 Å². The first-order valence-electron chi connectivity index (χ1n) is 9.03. The predicted octanol–water partition coefficient (Wildman–Crippen LogP) is 5.05. The number of aromatic nitrogens is 1. The molecule has 0 saturated carbocycles. The minimum atomic E-state index is -0.201. The van der Waals surface area contributed by atoms with Crippen LogP contribution in [0.4, 0.5) is 5.69 Å². The topological polar surface area (TPSA) is 63.4 Å². The molecule has 140 valence electrons. The van der Waals surface area contributed by atoms with E-state index in [0.29, 0.717) is 23.7 Å². The van der Waals surface area contributed by atoms with Crippen LogP contribution in [-0.2, 0) is 4.74 Å². The molecule has 2 N–H and O–H groups in total. The Bertz CT molecular complexity index is 977. The highest BCUT2D eigenvalue weighted by Crippen LogP contribution is 2.28. The molecule has 1 saturated heterocycles. The molecular formula is C21H21BrN2O3. The Morgan fingerprint density at radius 2 is 2.19 bits per heavy atom. The number of benzene rings is 2. The molecule has 1 atom stereocenters. The Morgan fingerprint density at radius 3 is 3.00 bits per heavy atom. The van der Waals surface area contributed by atoms with Crippen molar-refractivity contribution in [2.45, 2.75) is 25.9 Å². The molecule has 1 unspecified atom stereocenters. The summed E-state index contributed by atoms with van der Waals surface area (Å²) in [6, 6.07) is 13.5. The van der Waals surface area contributed by atoms with Gasteiger partial charge in [0.05, 0.1) is 11.8 Å². The number of rotatable bonds is 5. The van der Waals surface area contributed by atoms with Crippen molar-refractivity contribution in [3.63, 3.8) is 0 Å². The average Bonchev–Trinajstić information content (AvgIpc) is 3.30. The number of hydrogen-bond acceptors (Lipinski definition) is 3. The summed E-state index contributed by atoms with van der Waals surface area (Å²) in [5, 5.41) is 3.95. The first-order chi connectivity index (χ1) is 13.1. The lowest BCUT2D eigenvalue weighted by Gasteiger charge is -2.15. The van der Waals surface area contributed by atoms with E-state index in [1.807, 2.05) is 49.4 Å². The van der Waals surface area contributed by atoms with Crippen molar-refractivity contribution in [3.05, 3.63) is 58.2 Å². The molecule has 0 aliphatic carbocycles. The van der Waals surface area contributed by atoms with E-state index >= 15 is 0 Å². The Kier molecular flexibility index (Phi) is 5.18. The van der Waals surface area contributed by atoms with Crippen molar-refractivity contribution in [2.75, 3.05) is 18.5 Å². The van der Waals surface area contributed by atoms with Crippen LogP contribution in [0, 0.1) is 6.92 Å². The number of hydrogen-bond donors (Lipinski definition) is 2. The maximum Gasteiger partial charge on any atom is 0.272 e. The second-order valence-corrected chi connectivity index (χ2v) is 7.73. The summed E-state index contributed by atoms with van der Waals surface area (Å²) in [7, 11) is 0. The number of H-pyrrole nitrogens is 1. The molecule has 2 heterocycles. The fourth-order valence-electron chi connectivity index (χ4n) is 3.22. The zero-order valence-corrected chi connectivity index (χ0v) is 16.6. The minimum Gasteiger partial charge on any atom is -0.489 e. The van der Waals surface area contributed by atoms with Crippen molar-refractivity contribution < 1.29 is 14.3 Å². The van der Waals surface area contributed by atoms with Gasteiger partial charge in [0.25, 0.3) is 5.91 Å². The molecule has 27 heavy (non-hydrogen) atoms. The van der Waals surface area contributed by atoms with Crippen molar-refractivity contribution in [1.82, 2.24) is 4.98 Å². The van der Waals surface area contributed by atoms with Crippen molar-refractivity contribution in [3.8, 4) is 5.75 Å². The first-order valence-corrected chi connectivity index (χ1v) is 9.82. The molecule has 5 nitrogen and oxygen atoms in total. The Hall–Kier alpha value is -2.31. The van der Waals surface area contributed by atoms with Gasteiger partial charge in [-0.25, -0.2) is 0 Å². The van der Waals surface area contributed by atoms with Crippen LogP contribution in [-0.4, -0.2) is 30.2 Å². The van der Waals surface area contributed by atoms with E-state index in [1.165, 1.54) is 0 Å². The average molecular weight is 429 g/mol. The van der Waals surface area contributed by atoms with Crippen LogP contribution < -0.4 is 10.1 Å². The van der Waals surface area contributed by atoms with Crippen LogP contribution in [0.1, 0.15) is 28.9 Å². The molecule has 0 radical (unpaired) electrons. The number of anilines is 1. The maximum absolute atomic E-state index is 12.7. The van der Waals surface area contributed by atoms with Gasteiger partial charge in [-0.05, 0) is 55.7 Å². The third kappa shape index (κ3) is 4.17. The van der Waals surface area contributed by atoms with Crippen LogP contribution in [0.2, 0.25) is 0 Å². The van der Waals surface area contributed by atoms with Gasteiger partial charge < -0.3 is 19.8 Å². The monoisotopic (exact) mass is 428 g/mol. The van der Waals surface area contributed by atoms with Gasteiger partial charge in [-0.2, -0.15) is 0 Å². The Balaban J connectivity index is 1.52. The number of nitrogens with one attached hydrogen (secondary N) is 2. The van der Waals surface area contributed by atoms with Gasteiger partial charge in [-0.3, -0.25) is 4.79 Å². The van der Waals surface area contributed by atoms with E-state index in [-0.39, 0.29) is 12.0 Å². The zero-order chi connectivity index (χ0) is 18.8. The summed E-state index contributed by atoms with van der Waals surface area (Å²) in [6.07, 6.45) is 2.21.